The first-order chi connectivity index (χ1) is 11.8. The van der Waals surface area contributed by atoms with Gasteiger partial charge in [0.2, 0.25) is 5.91 Å². The molecule has 0 aliphatic heterocycles. The van der Waals surface area contributed by atoms with Crippen LogP contribution in [0, 0.1) is 10.7 Å². The van der Waals surface area contributed by atoms with E-state index in [1.807, 2.05) is 67.8 Å². The van der Waals surface area contributed by atoms with E-state index in [9.17, 15) is 14.7 Å². The fourth-order valence-corrected chi connectivity index (χ4v) is 5.58. The Bertz CT molecular complexity index is 642. The number of nitrogens with two attached hydrogens (primary N) is 1. The highest BCUT2D eigenvalue weighted by Crippen LogP contribution is 2.37. The number of hydrogen-bond acceptors (Lipinski definition) is 6. The second-order valence-corrected chi connectivity index (χ2v) is 7.85. The Morgan fingerprint density at radius 2 is 1.64 bits per heavy atom. The highest BCUT2D eigenvalue weighted by atomic mass is 127. The van der Waals surface area contributed by atoms with Crippen LogP contribution in [0.2, 0.25) is 0 Å². The molecule has 1 rings (SSSR count). The van der Waals surface area contributed by atoms with Gasteiger partial charge < -0.3 is 30.4 Å². The van der Waals surface area contributed by atoms with Crippen molar-refractivity contribution in [1.82, 2.24) is 0 Å². The second-order valence-electron chi connectivity index (χ2n) is 4.62. The molecule has 140 valence electrons. The minimum absolute atomic E-state index is 0.0712. The van der Waals surface area contributed by atoms with E-state index in [0.717, 1.165) is 0 Å². The molecule has 0 aliphatic carbocycles. The van der Waals surface area contributed by atoms with Crippen molar-refractivity contribution in [2.24, 2.45) is 0 Å². The highest BCUT2D eigenvalue weighted by molar-refractivity contribution is 14.1. The maximum absolute atomic E-state index is 12.0. The molecule has 0 heterocycles. The summed E-state index contributed by atoms with van der Waals surface area (Å²) in [4.78, 5) is 23.5. The van der Waals surface area contributed by atoms with E-state index in [2.05, 4.69) is 5.32 Å². The number of halogens is 3. The number of ether oxygens (including phenoxy) is 3. The van der Waals surface area contributed by atoms with E-state index in [4.69, 9.17) is 19.9 Å². The number of carbonyl (C=O) groups excluding carboxylic acids is 1. The second kappa shape index (κ2) is 11.7. The van der Waals surface area contributed by atoms with Gasteiger partial charge >= 0.3 is 5.97 Å². The predicted molar refractivity (Wildman–Crippen MR) is 118 cm³/mol. The minimum Gasteiger partial charge on any atom is -0.478 e. The third-order valence-electron chi connectivity index (χ3n) is 2.87. The first kappa shape index (κ1) is 23.1. The van der Waals surface area contributed by atoms with E-state index in [1.165, 1.54) is 0 Å². The number of carboxylic acids is 1. The molecule has 0 saturated carbocycles. The predicted octanol–water partition coefficient (Wildman–Crippen LogP) is 2.40. The van der Waals surface area contributed by atoms with Gasteiger partial charge in [-0.2, -0.15) is 0 Å². The zero-order valence-electron chi connectivity index (χ0n) is 13.2. The Labute approximate surface area is 185 Å². The van der Waals surface area contributed by atoms with E-state index < -0.39 is 11.9 Å². The van der Waals surface area contributed by atoms with Gasteiger partial charge in [0.1, 0.15) is 6.61 Å². The molecule has 1 aromatic rings. The lowest BCUT2D eigenvalue weighted by molar-refractivity contribution is -0.121. The van der Waals surface area contributed by atoms with E-state index in [0.29, 0.717) is 41.9 Å². The van der Waals surface area contributed by atoms with Gasteiger partial charge in [0.05, 0.1) is 54.1 Å². The van der Waals surface area contributed by atoms with Crippen molar-refractivity contribution in [3.63, 3.8) is 0 Å². The Hall–Kier alpha value is 0.0300. The Balaban J connectivity index is 2.67. The largest absolute Gasteiger partial charge is 0.478 e. The van der Waals surface area contributed by atoms with Gasteiger partial charge in [-0.25, -0.2) is 4.79 Å². The van der Waals surface area contributed by atoms with Crippen molar-refractivity contribution in [2.45, 2.75) is 0 Å². The molecule has 1 amide bonds. The highest BCUT2D eigenvalue weighted by Gasteiger charge is 2.23. The average molecular weight is 690 g/mol. The Kier molecular flexibility index (Phi) is 10.8. The van der Waals surface area contributed by atoms with Gasteiger partial charge in [-0.1, -0.05) is 0 Å². The third kappa shape index (κ3) is 6.93. The van der Waals surface area contributed by atoms with Crippen LogP contribution in [-0.4, -0.2) is 57.1 Å². The molecule has 8 nitrogen and oxygen atoms in total. The molecule has 0 unspecified atom stereocenters. The van der Waals surface area contributed by atoms with Gasteiger partial charge in [-0.15, -0.1) is 0 Å². The summed E-state index contributed by atoms with van der Waals surface area (Å²) in [5, 5.41) is 12.0. The lowest BCUT2D eigenvalue weighted by Gasteiger charge is -2.16. The first-order valence-corrected chi connectivity index (χ1v) is 10.2. The summed E-state index contributed by atoms with van der Waals surface area (Å²) in [5.74, 6) is -1.50. The standard InChI is InChI=1S/C14H17I3N2O6/c1-23-2-3-24-4-5-25-6-7(20)19-13-10(16)8(14(21)22)9(15)12(18)11(13)17/h2-6,18H2,1H3,(H,19,20)(H,21,22). The number of aromatic carboxylic acids is 1. The van der Waals surface area contributed by atoms with Crippen molar-refractivity contribution in [3.05, 3.63) is 16.3 Å². The number of rotatable bonds is 10. The molecule has 25 heavy (non-hydrogen) atoms. The van der Waals surface area contributed by atoms with Crippen LogP contribution < -0.4 is 11.1 Å². The molecular formula is C14H17I3N2O6. The molecule has 1 aromatic carbocycles. The molecule has 11 heteroatoms. The monoisotopic (exact) mass is 690 g/mol. The number of nitrogens with one attached hydrogen (secondary N) is 1. The van der Waals surface area contributed by atoms with E-state index in [-0.39, 0.29) is 18.8 Å². The molecular weight excluding hydrogens is 673 g/mol. The molecule has 4 N–H and O–H groups in total. The van der Waals surface area contributed by atoms with Crippen molar-refractivity contribution in [1.29, 1.82) is 0 Å². The number of benzene rings is 1. The fourth-order valence-electron chi connectivity index (χ4n) is 1.68. The van der Waals surface area contributed by atoms with Crippen LogP contribution in [0.4, 0.5) is 11.4 Å². The summed E-state index contributed by atoms with van der Waals surface area (Å²) in [6.07, 6.45) is 0. The molecule has 0 saturated heterocycles. The quantitative estimate of drug-likeness (QED) is 0.196. The minimum atomic E-state index is -1.10. The topological polar surface area (TPSA) is 120 Å². The number of anilines is 2. The maximum atomic E-state index is 12.0. The number of carboxylic acid groups (broad SMARTS) is 1. The van der Waals surface area contributed by atoms with Gasteiger partial charge in [-0.05, 0) is 67.8 Å². The molecule has 0 fully saturated rings. The molecule has 0 aromatic heterocycles. The smallest absolute Gasteiger partial charge is 0.338 e. The summed E-state index contributed by atoms with van der Waals surface area (Å²) in [6.45, 7) is 1.40. The van der Waals surface area contributed by atoms with E-state index in [1.54, 1.807) is 7.11 Å². The summed E-state index contributed by atoms with van der Waals surface area (Å²) < 4.78 is 16.7. The van der Waals surface area contributed by atoms with Crippen LogP contribution in [-0.2, 0) is 19.0 Å². The Morgan fingerprint density at radius 3 is 2.24 bits per heavy atom. The first-order valence-electron chi connectivity index (χ1n) is 6.94. The summed E-state index contributed by atoms with van der Waals surface area (Å²) in [7, 11) is 1.58. The molecule has 0 spiro atoms. The van der Waals surface area contributed by atoms with Crippen molar-refractivity contribution in [3.8, 4) is 0 Å². The maximum Gasteiger partial charge on any atom is 0.338 e. The zero-order valence-corrected chi connectivity index (χ0v) is 19.7. The van der Waals surface area contributed by atoms with Gasteiger partial charge in [0.25, 0.3) is 0 Å². The summed E-state index contributed by atoms with van der Waals surface area (Å²) in [5.41, 5.74) is 6.72. The van der Waals surface area contributed by atoms with Crippen LogP contribution >= 0.6 is 67.8 Å². The van der Waals surface area contributed by atoms with Crippen LogP contribution in [0.15, 0.2) is 0 Å². The van der Waals surface area contributed by atoms with Crippen LogP contribution in [0.3, 0.4) is 0 Å². The molecule has 0 bridgehead atoms. The number of amides is 1. The van der Waals surface area contributed by atoms with Gasteiger partial charge in [0, 0.05) is 7.11 Å². The fraction of sp³-hybridized carbons (Fsp3) is 0.429. The van der Waals surface area contributed by atoms with Crippen molar-refractivity contribution >= 4 is 91.0 Å². The SMILES string of the molecule is COCCOCCOCC(=O)Nc1c(I)c(N)c(I)c(C(=O)O)c1I. The molecule has 0 atom stereocenters. The number of methoxy groups -OCH3 is 1. The number of nitrogen functional groups attached to an aromatic ring is 1. The van der Waals surface area contributed by atoms with Crippen LogP contribution in [0.1, 0.15) is 10.4 Å². The van der Waals surface area contributed by atoms with Gasteiger partial charge in [0.15, 0.2) is 0 Å². The van der Waals surface area contributed by atoms with Crippen molar-refractivity contribution in [2.75, 3.05) is 51.2 Å². The average Bonchev–Trinajstić information content (AvgIpc) is 2.56. The summed E-state index contributed by atoms with van der Waals surface area (Å²) in [6, 6.07) is 0. The normalized spacial score (nSPS) is 10.7. The zero-order chi connectivity index (χ0) is 19.0. The van der Waals surface area contributed by atoms with Crippen molar-refractivity contribution < 1.29 is 28.9 Å². The van der Waals surface area contributed by atoms with Crippen LogP contribution in [0.25, 0.3) is 0 Å². The Morgan fingerprint density at radius 1 is 1.04 bits per heavy atom. The third-order valence-corrected chi connectivity index (χ3v) is 6.19. The summed E-state index contributed by atoms with van der Waals surface area (Å²) >= 11 is 5.75. The lowest BCUT2D eigenvalue weighted by Crippen LogP contribution is -2.22. The number of carbonyl (C=O) groups is 2. The van der Waals surface area contributed by atoms with E-state index >= 15 is 0 Å². The molecule has 0 radical (unpaired) electrons. The van der Waals surface area contributed by atoms with Crippen LogP contribution in [0.5, 0.6) is 0 Å². The lowest BCUT2D eigenvalue weighted by atomic mass is 10.1. The van der Waals surface area contributed by atoms with Gasteiger partial charge in [-0.3, -0.25) is 4.79 Å². The molecule has 0 aliphatic rings. The number of hydrogen-bond donors (Lipinski definition) is 3.